The normalized spacial score (nSPS) is 20.4. The summed E-state index contributed by atoms with van der Waals surface area (Å²) in [5.41, 5.74) is 0.389. The molecule has 2 aromatic heterocycles. The summed E-state index contributed by atoms with van der Waals surface area (Å²) < 4.78 is 33.8. The van der Waals surface area contributed by atoms with E-state index in [2.05, 4.69) is 20.7 Å². The molecule has 3 rings (SSSR count). The molecule has 9 nitrogen and oxygen atoms in total. The Morgan fingerprint density at radius 2 is 2.09 bits per heavy atom. The van der Waals surface area contributed by atoms with Crippen molar-refractivity contribution in [3.8, 4) is 0 Å². The van der Waals surface area contributed by atoms with Crippen molar-refractivity contribution in [3.05, 3.63) is 17.3 Å². The van der Waals surface area contributed by atoms with Gasteiger partial charge in [-0.15, -0.1) is 5.10 Å². The Bertz CT molecular complexity index is 761. The SMILES string of the molecule is Cc1noc(C)c1S(=O)(=O)N1CCCC(c2nnnn2C)C1. The molecule has 1 aliphatic rings. The van der Waals surface area contributed by atoms with Crippen molar-refractivity contribution in [2.45, 2.75) is 37.5 Å². The van der Waals surface area contributed by atoms with Crippen LogP contribution >= 0.6 is 0 Å². The van der Waals surface area contributed by atoms with Crippen LogP contribution in [0.1, 0.15) is 36.0 Å². The van der Waals surface area contributed by atoms with Gasteiger partial charge < -0.3 is 4.52 Å². The van der Waals surface area contributed by atoms with E-state index in [-0.39, 0.29) is 10.8 Å². The van der Waals surface area contributed by atoms with Crippen LogP contribution in [0.25, 0.3) is 0 Å². The molecule has 0 N–H and O–H groups in total. The standard InChI is InChI=1S/C12H18N6O3S/c1-8-11(9(2)21-14-8)22(19,20)18-6-4-5-10(7-18)12-13-15-16-17(12)3/h10H,4-7H2,1-3H3. The van der Waals surface area contributed by atoms with Crippen molar-refractivity contribution >= 4 is 10.0 Å². The molecule has 0 radical (unpaired) electrons. The van der Waals surface area contributed by atoms with Crippen LogP contribution in [-0.2, 0) is 17.1 Å². The van der Waals surface area contributed by atoms with Gasteiger partial charge in [-0.1, -0.05) is 5.16 Å². The van der Waals surface area contributed by atoms with E-state index in [9.17, 15) is 8.42 Å². The second kappa shape index (κ2) is 5.43. The number of hydrogen-bond acceptors (Lipinski definition) is 7. The second-order valence-electron chi connectivity index (χ2n) is 5.52. The lowest BCUT2D eigenvalue weighted by Gasteiger charge is -2.30. The summed E-state index contributed by atoms with van der Waals surface area (Å²) in [6.45, 7) is 4.09. The highest BCUT2D eigenvalue weighted by molar-refractivity contribution is 7.89. The predicted molar refractivity (Wildman–Crippen MR) is 75.5 cm³/mol. The molecule has 1 fully saturated rings. The van der Waals surface area contributed by atoms with Gasteiger partial charge in [0, 0.05) is 26.1 Å². The van der Waals surface area contributed by atoms with Crippen molar-refractivity contribution in [2.75, 3.05) is 13.1 Å². The van der Waals surface area contributed by atoms with Crippen LogP contribution < -0.4 is 0 Å². The van der Waals surface area contributed by atoms with Crippen LogP contribution in [0.15, 0.2) is 9.42 Å². The summed E-state index contributed by atoms with van der Waals surface area (Å²) in [4.78, 5) is 0.171. The fourth-order valence-corrected chi connectivity index (χ4v) is 4.74. The molecular formula is C12H18N6O3S. The first-order valence-electron chi connectivity index (χ1n) is 7.06. The Hall–Kier alpha value is -1.81. The van der Waals surface area contributed by atoms with E-state index in [1.165, 1.54) is 4.31 Å². The average molecular weight is 326 g/mol. The number of nitrogens with zero attached hydrogens (tertiary/aromatic N) is 6. The number of hydrogen-bond donors (Lipinski definition) is 0. The predicted octanol–water partition coefficient (Wildman–Crippen LogP) is 0.383. The molecule has 0 amide bonds. The number of rotatable bonds is 3. The summed E-state index contributed by atoms with van der Waals surface area (Å²) >= 11 is 0. The average Bonchev–Trinajstić information content (AvgIpc) is 3.05. The van der Waals surface area contributed by atoms with Gasteiger partial charge in [0.15, 0.2) is 11.6 Å². The fourth-order valence-electron chi connectivity index (χ4n) is 2.93. The van der Waals surface area contributed by atoms with Crippen LogP contribution in [0.4, 0.5) is 0 Å². The van der Waals surface area contributed by atoms with E-state index in [0.717, 1.165) is 12.8 Å². The minimum Gasteiger partial charge on any atom is -0.360 e. The summed E-state index contributed by atoms with van der Waals surface area (Å²) in [6, 6.07) is 0. The van der Waals surface area contributed by atoms with Gasteiger partial charge in [0.2, 0.25) is 10.0 Å². The van der Waals surface area contributed by atoms with E-state index in [1.807, 2.05) is 0 Å². The van der Waals surface area contributed by atoms with Gasteiger partial charge in [0.1, 0.15) is 10.6 Å². The van der Waals surface area contributed by atoms with Gasteiger partial charge in [0.25, 0.3) is 0 Å². The molecule has 120 valence electrons. The summed E-state index contributed by atoms with van der Waals surface area (Å²) in [7, 11) is -1.86. The summed E-state index contributed by atoms with van der Waals surface area (Å²) in [5.74, 6) is 1.02. The largest absolute Gasteiger partial charge is 0.360 e. The number of piperidine rings is 1. The number of aryl methyl sites for hydroxylation is 3. The molecule has 0 saturated carbocycles. The van der Waals surface area contributed by atoms with Crippen LogP contribution in [0.3, 0.4) is 0 Å². The number of tetrazole rings is 1. The Morgan fingerprint density at radius 3 is 2.68 bits per heavy atom. The molecular weight excluding hydrogens is 308 g/mol. The van der Waals surface area contributed by atoms with Crippen LogP contribution in [0.2, 0.25) is 0 Å². The molecule has 1 atom stereocenters. The van der Waals surface area contributed by atoms with Crippen molar-refractivity contribution in [3.63, 3.8) is 0 Å². The van der Waals surface area contributed by atoms with Gasteiger partial charge in [0.05, 0.1) is 0 Å². The highest BCUT2D eigenvalue weighted by Crippen LogP contribution is 2.30. The third-order valence-corrected chi connectivity index (χ3v) is 6.08. The number of sulfonamides is 1. The Morgan fingerprint density at radius 1 is 1.32 bits per heavy atom. The summed E-state index contributed by atoms with van der Waals surface area (Å²) in [6.07, 6.45) is 1.63. The van der Waals surface area contributed by atoms with E-state index in [0.29, 0.717) is 30.4 Å². The Labute approximate surface area is 128 Å². The van der Waals surface area contributed by atoms with E-state index < -0.39 is 10.0 Å². The quantitative estimate of drug-likeness (QED) is 0.802. The molecule has 1 saturated heterocycles. The van der Waals surface area contributed by atoms with Gasteiger partial charge >= 0.3 is 0 Å². The maximum absolute atomic E-state index is 12.9. The van der Waals surface area contributed by atoms with Crippen LogP contribution in [0, 0.1) is 13.8 Å². The maximum Gasteiger partial charge on any atom is 0.248 e. The van der Waals surface area contributed by atoms with Gasteiger partial charge in [-0.2, -0.15) is 4.31 Å². The first-order valence-corrected chi connectivity index (χ1v) is 8.50. The minimum atomic E-state index is -3.62. The maximum atomic E-state index is 12.9. The molecule has 2 aromatic rings. The van der Waals surface area contributed by atoms with Crippen LogP contribution in [-0.4, -0.2) is 51.2 Å². The first-order chi connectivity index (χ1) is 10.4. The second-order valence-corrected chi connectivity index (χ2v) is 7.39. The van der Waals surface area contributed by atoms with Gasteiger partial charge in [-0.3, -0.25) is 0 Å². The highest BCUT2D eigenvalue weighted by Gasteiger charge is 2.36. The molecule has 0 bridgehead atoms. The zero-order valence-electron chi connectivity index (χ0n) is 12.7. The number of aromatic nitrogens is 5. The molecule has 10 heteroatoms. The van der Waals surface area contributed by atoms with E-state index in [4.69, 9.17) is 4.52 Å². The zero-order valence-corrected chi connectivity index (χ0v) is 13.5. The molecule has 22 heavy (non-hydrogen) atoms. The third-order valence-electron chi connectivity index (χ3n) is 3.97. The van der Waals surface area contributed by atoms with Crippen molar-refractivity contribution in [1.82, 2.24) is 29.7 Å². The van der Waals surface area contributed by atoms with Crippen molar-refractivity contribution < 1.29 is 12.9 Å². The Balaban J connectivity index is 1.90. The lowest BCUT2D eigenvalue weighted by atomic mass is 9.99. The minimum absolute atomic E-state index is 0.0102. The zero-order chi connectivity index (χ0) is 15.9. The highest BCUT2D eigenvalue weighted by atomic mass is 32.2. The van der Waals surface area contributed by atoms with E-state index >= 15 is 0 Å². The monoisotopic (exact) mass is 326 g/mol. The topological polar surface area (TPSA) is 107 Å². The van der Waals surface area contributed by atoms with Gasteiger partial charge in [-0.25, -0.2) is 13.1 Å². The molecule has 0 aromatic carbocycles. The molecule has 0 aliphatic carbocycles. The third kappa shape index (κ3) is 2.41. The fraction of sp³-hybridized carbons (Fsp3) is 0.667. The summed E-state index contributed by atoms with van der Waals surface area (Å²) in [5, 5.41) is 15.2. The lowest BCUT2D eigenvalue weighted by molar-refractivity contribution is 0.304. The lowest BCUT2D eigenvalue weighted by Crippen LogP contribution is -2.40. The first kappa shape index (κ1) is 15.1. The van der Waals surface area contributed by atoms with Crippen molar-refractivity contribution in [2.24, 2.45) is 7.05 Å². The molecule has 1 unspecified atom stereocenters. The van der Waals surface area contributed by atoms with Crippen LogP contribution in [0.5, 0.6) is 0 Å². The van der Waals surface area contributed by atoms with Gasteiger partial charge in [-0.05, 0) is 37.1 Å². The smallest absolute Gasteiger partial charge is 0.248 e. The molecule has 3 heterocycles. The van der Waals surface area contributed by atoms with E-state index in [1.54, 1.807) is 25.6 Å². The molecule has 0 spiro atoms. The molecule has 1 aliphatic heterocycles. The Kier molecular flexibility index (Phi) is 3.73. The van der Waals surface area contributed by atoms with Crippen molar-refractivity contribution in [1.29, 1.82) is 0 Å².